The second kappa shape index (κ2) is 4.82. The molecule has 0 aliphatic carbocycles. The lowest BCUT2D eigenvalue weighted by Gasteiger charge is -2.05. The Hall–Kier alpha value is -2.20. The van der Waals surface area contributed by atoms with E-state index in [1.54, 1.807) is 12.3 Å². The Morgan fingerprint density at radius 1 is 1.11 bits per heavy atom. The van der Waals surface area contributed by atoms with E-state index >= 15 is 0 Å². The molecule has 4 nitrogen and oxygen atoms in total. The Morgan fingerprint density at radius 2 is 1.89 bits per heavy atom. The smallest absolute Gasteiger partial charge is 0.161 e. The summed E-state index contributed by atoms with van der Waals surface area (Å²) in [7, 11) is 1.92. The molecule has 0 bridgehead atoms. The van der Waals surface area contributed by atoms with Crippen LogP contribution in [0.15, 0.2) is 48.8 Å². The lowest BCUT2D eigenvalue weighted by molar-refractivity contribution is 0.916. The van der Waals surface area contributed by atoms with Crippen LogP contribution >= 0.6 is 11.6 Å². The number of nitrogens with zero attached hydrogens (tertiary/aromatic N) is 4. The monoisotopic (exact) mass is 270 g/mol. The van der Waals surface area contributed by atoms with Crippen LogP contribution in [0.2, 0.25) is 5.15 Å². The number of aromatic nitrogens is 4. The fourth-order valence-electron chi connectivity index (χ4n) is 1.86. The molecule has 0 radical (unpaired) electrons. The minimum atomic E-state index is 0.409. The van der Waals surface area contributed by atoms with Gasteiger partial charge in [-0.25, -0.2) is 15.0 Å². The summed E-state index contributed by atoms with van der Waals surface area (Å²) in [5.74, 6) is 1.37. The highest BCUT2D eigenvalue weighted by atomic mass is 35.5. The topological polar surface area (TPSA) is 43.6 Å². The second-order valence-electron chi connectivity index (χ2n) is 4.13. The van der Waals surface area contributed by atoms with Crippen LogP contribution < -0.4 is 0 Å². The average molecular weight is 271 g/mol. The maximum absolute atomic E-state index is 6.08. The van der Waals surface area contributed by atoms with Crippen LogP contribution in [0.5, 0.6) is 0 Å². The lowest BCUT2D eigenvalue weighted by atomic mass is 10.2. The second-order valence-corrected chi connectivity index (χ2v) is 4.51. The molecule has 2 heterocycles. The first-order chi connectivity index (χ1) is 9.24. The minimum Gasteiger partial charge on any atom is -0.333 e. The van der Waals surface area contributed by atoms with Gasteiger partial charge in [-0.15, -0.1) is 0 Å². The van der Waals surface area contributed by atoms with Crippen molar-refractivity contribution in [2.75, 3.05) is 0 Å². The van der Waals surface area contributed by atoms with Crippen molar-refractivity contribution in [2.24, 2.45) is 7.05 Å². The van der Waals surface area contributed by atoms with Gasteiger partial charge in [0.25, 0.3) is 0 Å². The molecule has 0 fully saturated rings. The molecule has 0 saturated heterocycles. The first kappa shape index (κ1) is 11.9. The predicted octanol–water partition coefficient (Wildman–Crippen LogP) is 3.20. The van der Waals surface area contributed by atoms with E-state index in [9.17, 15) is 0 Å². The van der Waals surface area contributed by atoms with E-state index in [-0.39, 0.29) is 0 Å². The van der Waals surface area contributed by atoms with Crippen molar-refractivity contribution in [3.05, 3.63) is 53.9 Å². The third kappa shape index (κ3) is 2.35. The van der Waals surface area contributed by atoms with Gasteiger partial charge in [0.15, 0.2) is 11.6 Å². The van der Waals surface area contributed by atoms with Gasteiger partial charge in [0.1, 0.15) is 10.8 Å². The molecule has 0 spiro atoms. The van der Waals surface area contributed by atoms with Gasteiger partial charge in [0.05, 0.1) is 0 Å². The zero-order chi connectivity index (χ0) is 13.2. The van der Waals surface area contributed by atoms with Crippen LogP contribution in [0, 0.1) is 0 Å². The molecule has 94 valence electrons. The summed E-state index contributed by atoms with van der Waals surface area (Å²) in [6.45, 7) is 0. The van der Waals surface area contributed by atoms with Gasteiger partial charge >= 0.3 is 0 Å². The highest BCUT2D eigenvalue weighted by molar-refractivity contribution is 6.29. The standard InChI is InChI=1S/C14H11ClN4/c1-19-8-7-16-14(19)11-9-12(15)18-13(17-11)10-5-3-2-4-6-10/h2-9H,1H3. The largest absolute Gasteiger partial charge is 0.333 e. The molecule has 0 unspecified atom stereocenters. The van der Waals surface area contributed by atoms with Crippen molar-refractivity contribution < 1.29 is 0 Å². The Bertz CT molecular complexity index is 706. The molecule has 2 aromatic heterocycles. The molecular weight excluding hydrogens is 260 g/mol. The highest BCUT2D eigenvalue weighted by Gasteiger charge is 2.10. The van der Waals surface area contributed by atoms with E-state index in [4.69, 9.17) is 11.6 Å². The van der Waals surface area contributed by atoms with Crippen molar-refractivity contribution >= 4 is 11.6 Å². The third-order valence-corrected chi connectivity index (χ3v) is 2.97. The summed E-state index contributed by atoms with van der Waals surface area (Å²) in [6.07, 6.45) is 3.60. The van der Waals surface area contributed by atoms with Crippen LogP contribution in [0.4, 0.5) is 0 Å². The average Bonchev–Trinajstić information content (AvgIpc) is 2.85. The van der Waals surface area contributed by atoms with Gasteiger partial charge in [0, 0.05) is 31.1 Å². The van der Waals surface area contributed by atoms with E-state index in [1.807, 2.05) is 48.1 Å². The summed E-state index contributed by atoms with van der Waals surface area (Å²) in [5.41, 5.74) is 1.65. The molecule has 5 heteroatoms. The first-order valence-corrected chi connectivity index (χ1v) is 6.19. The fraction of sp³-hybridized carbons (Fsp3) is 0.0714. The molecule has 19 heavy (non-hydrogen) atoms. The van der Waals surface area contributed by atoms with Gasteiger partial charge in [0.2, 0.25) is 0 Å². The number of hydrogen-bond acceptors (Lipinski definition) is 3. The van der Waals surface area contributed by atoms with Crippen LogP contribution in [0.25, 0.3) is 22.9 Å². The highest BCUT2D eigenvalue weighted by Crippen LogP contribution is 2.22. The maximum atomic E-state index is 6.08. The number of benzene rings is 1. The maximum Gasteiger partial charge on any atom is 0.161 e. The van der Waals surface area contributed by atoms with E-state index in [2.05, 4.69) is 15.0 Å². The first-order valence-electron chi connectivity index (χ1n) is 5.82. The van der Waals surface area contributed by atoms with Gasteiger partial charge in [-0.3, -0.25) is 0 Å². The molecule has 0 aliphatic rings. The SMILES string of the molecule is Cn1ccnc1-c1cc(Cl)nc(-c2ccccc2)n1. The summed E-state index contributed by atoms with van der Waals surface area (Å²) in [5, 5.41) is 0.409. The molecule has 1 aromatic carbocycles. The molecular formula is C14H11ClN4. The molecule has 3 rings (SSSR count). The van der Waals surface area contributed by atoms with Crippen molar-refractivity contribution in [3.63, 3.8) is 0 Å². The molecule has 0 saturated carbocycles. The summed E-state index contributed by atoms with van der Waals surface area (Å²) >= 11 is 6.08. The Balaban J connectivity index is 2.14. The number of aryl methyl sites for hydroxylation is 1. The van der Waals surface area contributed by atoms with Crippen LogP contribution in [0.1, 0.15) is 0 Å². The van der Waals surface area contributed by atoms with E-state index < -0.39 is 0 Å². The van der Waals surface area contributed by atoms with Crippen LogP contribution in [-0.4, -0.2) is 19.5 Å². The van der Waals surface area contributed by atoms with E-state index in [0.29, 0.717) is 16.7 Å². The quantitative estimate of drug-likeness (QED) is 0.672. The van der Waals surface area contributed by atoms with Crippen molar-refractivity contribution in [2.45, 2.75) is 0 Å². The molecule has 3 aromatic rings. The van der Waals surface area contributed by atoms with Gasteiger partial charge in [-0.05, 0) is 0 Å². The van der Waals surface area contributed by atoms with E-state index in [1.165, 1.54) is 0 Å². The molecule has 0 N–H and O–H groups in total. The molecule has 0 amide bonds. The summed E-state index contributed by atoms with van der Waals surface area (Å²) in [4.78, 5) is 13.1. The fourth-order valence-corrected chi connectivity index (χ4v) is 2.04. The minimum absolute atomic E-state index is 0.409. The van der Waals surface area contributed by atoms with Crippen LogP contribution in [0.3, 0.4) is 0 Å². The Kier molecular flexibility index (Phi) is 3.01. The van der Waals surface area contributed by atoms with Gasteiger partial charge < -0.3 is 4.57 Å². The number of hydrogen-bond donors (Lipinski definition) is 0. The Morgan fingerprint density at radius 3 is 2.58 bits per heavy atom. The van der Waals surface area contributed by atoms with Crippen LogP contribution in [-0.2, 0) is 7.05 Å². The Labute approximate surface area is 115 Å². The predicted molar refractivity (Wildman–Crippen MR) is 74.7 cm³/mol. The van der Waals surface area contributed by atoms with Gasteiger partial charge in [-0.2, -0.15) is 0 Å². The molecule has 0 atom stereocenters. The van der Waals surface area contributed by atoms with Crippen molar-refractivity contribution in [3.8, 4) is 22.9 Å². The number of halogens is 1. The summed E-state index contributed by atoms with van der Waals surface area (Å²) in [6, 6.07) is 11.5. The number of imidazole rings is 1. The third-order valence-electron chi connectivity index (χ3n) is 2.78. The number of rotatable bonds is 2. The van der Waals surface area contributed by atoms with Crippen molar-refractivity contribution in [1.82, 2.24) is 19.5 Å². The lowest BCUT2D eigenvalue weighted by Crippen LogP contribution is -1.97. The van der Waals surface area contributed by atoms with Gasteiger partial charge in [-0.1, -0.05) is 41.9 Å². The molecule has 0 aliphatic heterocycles. The van der Waals surface area contributed by atoms with Crippen molar-refractivity contribution in [1.29, 1.82) is 0 Å². The normalized spacial score (nSPS) is 10.6. The zero-order valence-corrected chi connectivity index (χ0v) is 11.0. The van der Waals surface area contributed by atoms with E-state index in [0.717, 1.165) is 11.4 Å². The zero-order valence-electron chi connectivity index (χ0n) is 10.3. The summed E-state index contributed by atoms with van der Waals surface area (Å²) < 4.78 is 1.90.